The van der Waals surface area contributed by atoms with Gasteiger partial charge in [-0.1, -0.05) is 12.5 Å². The second kappa shape index (κ2) is 11.1. The fourth-order valence-corrected chi connectivity index (χ4v) is 2.91. The van der Waals surface area contributed by atoms with Crippen LogP contribution >= 0.6 is 11.6 Å². The molecule has 0 saturated heterocycles. The third-order valence-corrected chi connectivity index (χ3v) is 4.52. The summed E-state index contributed by atoms with van der Waals surface area (Å²) >= 11 is 4.64. The van der Waals surface area contributed by atoms with E-state index in [1.54, 1.807) is 19.9 Å². The number of aromatic hydroxyl groups is 2. The van der Waals surface area contributed by atoms with Crippen molar-refractivity contribution >= 4 is 23.5 Å². The van der Waals surface area contributed by atoms with Crippen LogP contribution in [0.25, 0.3) is 0 Å². The Kier molecular flexibility index (Phi) is 9.55. The van der Waals surface area contributed by atoms with Crippen LogP contribution in [0.4, 0.5) is 0 Å². The smallest absolute Gasteiger partial charge is 0.329 e. The van der Waals surface area contributed by atoms with E-state index in [9.17, 15) is 19.8 Å². The number of amides is 1. The van der Waals surface area contributed by atoms with Crippen LogP contribution in [-0.2, 0) is 20.7 Å². The third kappa shape index (κ3) is 7.56. The molecule has 1 aromatic carbocycles. The van der Waals surface area contributed by atoms with Crippen LogP contribution in [0.1, 0.15) is 51.5 Å². The first-order valence-electron chi connectivity index (χ1n) is 9.42. The number of nitrogens with one attached hydrogen (secondary N) is 1. The summed E-state index contributed by atoms with van der Waals surface area (Å²) in [7, 11) is 0. The highest BCUT2D eigenvalue weighted by Gasteiger charge is 2.33. The molecule has 1 unspecified atom stereocenters. The molecule has 28 heavy (non-hydrogen) atoms. The first-order valence-corrected chi connectivity index (χ1v) is 10.2. The zero-order valence-electron chi connectivity index (χ0n) is 16.8. The number of halogens is 1. The lowest BCUT2D eigenvalue weighted by Crippen LogP contribution is -2.76. The number of esters is 1. The van der Waals surface area contributed by atoms with E-state index >= 15 is 0 Å². The summed E-state index contributed by atoms with van der Waals surface area (Å²) < 4.78 is 5.61. The Morgan fingerprint density at radius 3 is 2.36 bits per heavy atom. The number of rotatable bonds is 6. The van der Waals surface area contributed by atoms with Crippen molar-refractivity contribution < 1.29 is 30.3 Å². The van der Waals surface area contributed by atoms with Gasteiger partial charge < -0.3 is 26.0 Å². The van der Waals surface area contributed by atoms with Crippen molar-refractivity contribution in [2.45, 2.75) is 70.1 Å². The lowest BCUT2D eigenvalue weighted by atomic mass is 9.97. The van der Waals surface area contributed by atoms with Crippen molar-refractivity contribution in [3.05, 3.63) is 23.8 Å². The summed E-state index contributed by atoms with van der Waals surface area (Å²) in [5, 5.41) is 21.8. The van der Waals surface area contributed by atoms with Gasteiger partial charge >= 0.3 is 5.97 Å². The quantitative estimate of drug-likeness (QED) is 0.321. The van der Waals surface area contributed by atoms with Crippen LogP contribution < -0.4 is 11.1 Å². The normalized spacial score (nSPS) is 15.8. The second-order valence-electron chi connectivity index (χ2n) is 7.63. The minimum absolute atomic E-state index is 0.114. The molecule has 1 aliphatic carbocycles. The molecule has 0 aliphatic heterocycles. The number of carbonyl (C=O) groups is 2. The summed E-state index contributed by atoms with van der Waals surface area (Å²) in [6.07, 6.45) is 6.41. The Labute approximate surface area is 171 Å². The second-order valence-corrected chi connectivity index (χ2v) is 7.63. The van der Waals surface area contributed by atoms with Gasteiger partial charge in [-0.2, -0.15) is 0 Å². The molecule has 1 aromatic rings. The number of ether oxygens (including phenoxy) is 1. The zero-order valence-corrected chi connectivity index (χ0v) is 17.6. The monoisotopic (exact) mass is 415 g/mol. The Bertz CT molecular complexity index is 654. The first-order chi connectivity index (χ1) is 13.2. The lowest BCUT2D eigenvalue weighted by molar-refractivity contribution is -0.446. The molecule has 1 saturated carbocycles. The van der Waals surface area contributed by atoms with Gasteiger partial charge in [-0.05, 0) is 57.2 Å². The summed E-state index contributed by atoms with van der Waals surface area (Å²) in [5.41, 5.74) is 3.51. The van der Waals surface area contributed by atoms with E-state index in [1.165, 1.54) is 18.5 Å². The van der Waals surface area contributed by atoms with Crippen molar-refractivity contribution in [3.63, 3.8) is 0 Å². The van der Waals surface area contributed by atoms with Crippen LogP contribution in [0.2, 0.25) is 0 Å². The van der Waals surface area contributed by atoms with Gasteiger partial charge in [0.15, 0.2) is 17.0 Å². The SMILES string of the molecule is CC(C)([NH3+])C(=O)NC(Cc1ccc(O)c(O)c1)C(=O)OC1CCCCC1.CCl. The fourth-order valence-electron chi connectivity index (χ4n) is 2.91. The van der Waals surface area contributed by atoms with Crippen LogP contribution in [-0.4, -0.2) is 46.2 Å². The summed E-state index contributed by atoms with van der Waals surface area (Å²) in [4.78, 5) is 25.0. The highest BCUT2D eigenvalue weighted by Crippen LogP contribution is 2.26. The molecular weight excluding hydrogens is 384 g/mol. The van der Waals surface area contributed by atoms with Gasteiger partial charge in [0.1, 0.15) is 12.1 Å². The van der Waals surface area contributed by atoms with Gasteiger partial charge in [0.05, 0.1) is 0 Å². The third-order valence-electron chi connectivity index (χ3n) is 4.52. The maximum atomic E-state index is 12.7. The summed E-state index contributed by atoms with van der Waals surface area (Å²) in [6, 6.07) is 3.44. The topological polar surface area (TPSA) is 124 Å². The Hall–Kier alpha value is -1.99. The van der Waals surface area contributed by atoms with Crippen LogP contribution in [0.5, 0.6) is 11.5 Å². The van der Waals surface area contributed by atoms with Crippen molar-refractivity contribution in [3.8, 4) is 11.5 Å². The van der Waals surface area contributed by atoms with Gasteiger partial charge in [0.25, 0.3) is 5.91 Å². The van der Waals surface area contributed by atoms with E-state index in [-0.39, 0.29) is 29.9 Å². The molecule has 1 fully saturated rings. The Morgan fingerprint density at radius 1 is 1.21 bits per heavy atom. The van der Waals surface area contributed by atoms with Crippen molar-refractivity contribution in [2.24, 2.45) is 0 Å². The maximum Gasteiger partial charge on any atom is 0.329 e. The number of alkyl halides is 1. The van der Waals surface area contributed by atoms with Crippen LogP contribution in [0.3, 0.4) is 0 Å². The highest BCUT2D eigenvalue weighted by atomic mass is 35.5. The molecule has 6 N–H and O–H groups in total. The number of phenolic OH excluding ortho intramolecular Hbond substituents is 2. The van der Waals surface area contributed by atoms with E-state index in [0.29, 0.717) is 5.56 Å². The van der Waals surface area contributed by atoms with Gasteiger partial charge in [0.2, 0.25) is 0 Å². The Morgan fingerprint density at radius 2 is 1.82 bits per heavy atom. The fraction of sp³-hybridized carbons (Fsp3) is 0.600. The molecule has 1 amide bonds. The largest absolute Gasteiger partial charge is 0.504 e. The molecular formula is C20H32ClN2O5+. The Balaban J connectivity index is 0.00000190. The van der Waals surface area contributed by atoms with Gasteiger partial charge in [-0.15, -0.1) is 11.6 Å². The summed E-state index contributed by atoms with van der Waals surface area (Å²) in [5.74, 6) is -1.35. The van der Waals surface area contributed by atoms with Gasteiger partial charge in [-0.3, -0.25) is 4.79 Å². The minimum Gasteiger partial charge on any atom is -0.504 e. The van der Waals surface area contributed by atoms with Gasteiger partial charge in [-0.25, -0.2) is 4.79 Å². The van der Waals surface area contributed by atoms with E-state index in [2.05, 4.69) is 22.7 Å². The number of benzene rings is 1. The lowest BCUT2D eigenvalue weighted by Gasteiger charge is -2.26. The highest BCUT2D eigenvalue weighted by molar-refractivity contribution is 6.15. The molecule has 8 heteroatoms. The maximum absolute atomic E-state index is 12.7. The molecule has 0 heterocycles. The van der Waals surface area contributed by atoms with Crippen molar-refractivity contribution in [2.75, 3.05) is 6.38 Å². The number of phenols is 2. The average molecular weight is 416 g/mol. The molecule has 158 valence electrons. The number of hydrogen-bond donors (Lipinski definition) is 4. The predicted molar refractivity (Wildman–Crippen MR) is 107 cm³/mol. The molecule has 1 atom stereocenters. The molecule has 0 spiro atoms. The average Bonchev–Trinajstić information content (AvgIpc) is 2.65. The van der Waals surface area contributed by atoms with Crippen LogP contribution in [0, 0.1) is 0 Å². The molecule has 0 radical (unpaired) electrons. The zero-order chi connectivity index (χ0) is 21.3. The van der Waals surface area contributed by atoms with Crippen molar-refractivity contribution in [1.82, 2.24) is 5.32 Å². The minimum atomic E-state index is -0.888. The molecule has 0 aromatic heterocycles. The number of carbonyl (C=O) groups excluding carboxylic acids is 2. The standard InChI is InChI=1S/C19H28N2O5.CH3Cl/c1-19(2,20)18(25)21-14(10-12-8-9-15(22)16(23)11-12)17(24)26-13-6-4-3-5-7-13;1-2/h8-9,11,13-14,22-23H,3-7,10,20H2,1-2H3,(H,21,25);1H3/p+1. The van der Waals surface area contributed by atoms with E-state index in [0.717, 1.165) is 32.1 Å². The van der Waals surface area contributed by atoms with E-state index in [4.69, 9.17) is 4.74 Å². The number of hydrogen-bond acceptors (Lipinski definition) is 5. The summed E-state index contributed by atoms with van der Waals surface area (Å²) in [6.45, 7) is 3.33. The molecule has 1 aliphatic rings. The van der Waals surface area contributed by atoms with Crippen LogP contribution in [0.15, 0.2) is 18.2 Å². The van der Waals surface area contributed by atoms with E-state index in [1.807, 2.05) is 0 Å². The van der Waals surface area contributed by atoms with Crippen molar-refractivity contribution in [1.29, 1.82) is 0 Å². The van der Waals surface area contributed by atoms with E-state index < -0.39 is 17.6 Å². The predicted octanol–water partition coefficient (Wildman–Crippen LogP) is 1.88. The molecule has 0 bridgehead atoms. The molecule has 2 rings (SSSR count). The molecule has 7 nitrogen and oxygen atoms in total. The van der Waals surface area contributed by atoms with Gasteiger partial charge in [0, 0.05) is 12.8 Å². The number of quaternary nitrogens is 1. The first kappa shape index (κ1) is 24.0.